The minimum absolute atomic E-state index is 0.190. The van der Waals surface area contributed by atoms with E-state index in [9.17, 15) is 9.18 Å². The Morgan fingerprint density at radius 1 is 1.24 bits per heavy atom. The molecule has 0 aliphatic carbocycles. The maximum atomic E-state index is 13.1. The molecule has 0 aromatic carbocycles. The Hall–Kier alpha value is -2.30. The highest BCUT2D eigenvalue weighted by atomic mass is 19.1. The van der Waals surface area contributed by atoms with Gasteiger partial charge in [0.1, 0.15) is 0 Å². The van der Waals surface area contributed by atoms with E-state index in [2.05, 4.69) is 9.97 Å². The van der Waals surface area contributed by atoms with E-state index in [0.717, 1.165) is 6.07 Å². The number of aliphatic carboxylic acids is 1. The number of rotatable bonds is 3. The molecule has 0 fully saturated rings. The Morgan fingerprint density at radius 3 is 2.59 bits per heavy atom. The topological polar surface area (TPSA) is 63.1 Å². The van der Waals surface area contributed by atoms with E-state index >= 15 is 0 Å². The number of nitrogens with zero attached hydrogens (tertiary/aromatic N) is 2. The van der Waals surface area contributed by atoms with Crippen LogP contribution in [0.3, 0.4) is 0 Å². The lowest BCUT2D eigenvalue weighted by molar-refractivity contribution is -0.136. The lowest BCUT2D eigenvalue weighted by Gasteiger charge is -2.06. The molecule has 2 heterocycles. The highest BCUT2D eigenvalue weighted by molar-refractivity contribution is 5.74. The molecule has 2 aromatic rings. The molecule has 0 saturated heterocycles. The van der Waals surface area contributed by atoms with Crippen molar-refractivity contribution < 1.29 is 14.3 Å². The molecule has 0 aliphatic heterocycles. The van der Waals surface area contributed by atoms with Crippen molar-refractivity contribution in [3.63, 3.8) is 0 Å². The lowest BCUT2D eigenvalue weighted by atomic mass is 10.0. The first kappa shape index (κ1) is 11.2. The maximum absolute atomic E-state index is 13.1. The van der Waals surface area contributed by atoms with Gasteiger partial charge in [0.05, 0.1) is 12.1 Å². The Morgan fingerprint density at radius 2 is 1.94 bits per heavy atom. The van der Waals surface area contributed by atoms with E-state index in [1.54, 1.807) is 24.5 Å². The van der Waals surface area contributed by atoms with Crippen LogP contribution in [0.4, 0.5) is 4.39 Å². The van der Waals surface area contributed by atoms with E-state index in [4.69, 9.17) is 5.11 Å². The molecule has 0 aliphatic rings. The molecule has 0 bridgehead atoms. The molecule has 1 N–H and O–H groups in total. The first-order chi connectivity index (χ1) is 8.16. The van der Waals surface area contributed by atoms with E-state index in [-0.39, 0.29) is 6.42 Å². The number of carboxylic acid groups (broad SMARTS) is 1. The Labute approximate surface area is 96.8 Å². The molecule has 2 rings (SSSR count). The molecule has 0 unspecified atom stereocenters. The number of halogens is 1. The second-order valence-corrected chi connectivity index (χ2v) is 3.45. The van der Waals surface area contributed by atoms with Gasteiger partial charge in [-0.3, -0.25) is 9.78 Å². The summed E-state index contributed by atoms with van der Waals surface area (Å²) in [6, 6.07) is 5.91. The fourth-order valence-electron chi connectivity index (χ4n) is 1.53. The average Bonchev–Trinajstić information content (AvgIpc) is 2.32. The number of aromatic nitrogens is 2. The van der Waals surface area contributed by atoms with Crippen LogP contribution < -0.4 is 0 Å². The molecule has 4 nitrogen and oxygen atoms in total. The van der Waals surface area contributed by atoms with Crippen LogP contribution in [0.15, 0.2) is 36.7 Å². The number of carboxylic acids is 1. The van der Waals surface area contributed by atoms with Crippen molar-refractivity contribution in [3.8, 4) is 11.3 Å². The standard InChI is InChI=1S/C12H9FN2O2/c13-10-2-1-9(7-11(16)17)12(15-10)8-3-5-14-6-4-8/h1-6H,7H2,(H,16,17). The van der Waals surface area contributed by atoms with Gasteiger partial charge in [-0.05, 0) is 23.8 Å². The van der Waals surface area contributed by atoms with Gasteiger partial charge in [-0.1, -0.05) is 6.07 Å². The SMILES string of the molecule is O=C(O)Cc1ccc(F)nc1-c1ccncc1. The molecular weight excluding hydrogens is 223 g/mol. The summed E-state index contributed by atoms with van der Waals surface area (Å²) >= 11 is 0. The quantitative estimate of drug-likeness (QED) is 0.821. The summed E-state index contributed by atoms with van der Waals surface area (Å²) < 4.78 is 13.1. The second kappa shape index (κ2) is 4.69. The summed E-state index contributed by atoms with van der Waals surface area (Å²) in [5.41, 5.74) is 1.47. The van der Waals surface area contributed by atoms with Crippen LogP contribution in [-0.4, -0.2) is 21.0 Å². The Bertz CT molecular complexity index is 543. The largest absolute Gasteiger partial charge is 0.481 e. The predicted molar refractivity (Wildman–Crippen MR) is 58.8 cm³/mol. The van der Waals surface area contributed by atoms with Crippen molar-refractivity contribution >= 4 is 5.97 Å². The Balaban J connectivity index is 2.51. The van der Waals surface area contributed by atoms with Gasteiger partial charge >= 0.3 is 5.97 Å². The average molecular weight is 232 g/mol. The van der Waals surface area contributed by atoms with E-state index in [0.29, 0.717) is 16.8 Å². The van der Waals surface area contributed by atoms with Gasteiger partial charge in [0.2, 0.25) is 5.95 Å². The van der Waals surface area contributed by atoms with Gasteiger partial charge in [-0.2, -0.15) is 4.39 Å². The highest BCUT2D eigenvalue weighted by Gasteiger charge is 2.11. The smallest absolute Gasteiger partial charge is 0.307 e. The van der Waals surface area contributed by atoms with E-state index < -0.39 is 11.9 Å². The molecule has 0 radical (unpaired) electrons. The van der Waals surface area contributed by atoms with Crippen molar-refractivity contribution in [3.05, 3.63) is 48.2 Å². The maximum Gasteiger partial charge on any atom is 0.307 e. The van der Waals surface area contributed by atoms with Crippen LogP contribution in [-0.2, 0) is 11.2 Å². The van der Waals surface area contributed by atoms with Crippen LogP contribution in [0.5, 0.6) is 0 Å². The minimum Gasteiger partial charge on any atom is -0.481 e. The summed E-state index contributed by atoms with van der Waals surface area (Å²) in [5, 5.41) is 8.77. The molecule has 0 amide bonds. The van der Waals surface area contributed by atoms with E-state index in [1.165, 1.54) is 6.07 Å². The molecule has 5 heteroatoms. The summed E-state index contributed by atoms with van der Waals surface area (Å²) in [5.74, 6) is -1.61. The van der Waals surface area contributed by atoms with Crippen LogP contribution in [0.2, 0.25) is 0 Å². The zero-order chi connectivity index (χ0) is 12.3. The highest BCUT2D eigenvalue weighted by Crippen LogP contribution is 2.21. The second-order valence-electron chi connectivity index (χ2n) is 3.45. The van der Waals surface area contributed by atoms with Crippen molar-refractivity contribution in [2.24, 2.45) is 0 Å². The van der Waals surface area contributed by atoms with Crippen molar-refractivity contribution in [2.45, 2.75) is 6.42 Å². The monoisotopic (exact) mass is 232 g/mol. The summed E-state index contributed by atoms with van der Waals surface area (Å²) in [6.45, 7) is 0. The van der Waals surface area contributed by atoms with Gasteiger partial charge in [-0.25, -0.2) is 4.98 Å². The van der Waals surface area contributed by atoms with E-state index in [1.807, 2.05) is 0 Å². The third-order valence-electron chi connectivity index (χ3n) is 2.24. The third-order valence-corrected chi connectivity index (χ3v) is 2.24. The van der Waals surface area contributed by atoms with Gasteiger partial charge in [0, 0.05) is 18.0 Å². The molecule has 17 heavy (non-hydrogen) atoms. The fourth-order valence-corrected chi connectivity index (χ4v) is 1.53. The predicted octanol–water partition coefficient (Wildman–Crippen LogP) is 1.91. The van der Waals surface area contributed by atoms with Crippen molar-refractivity contribution in [2.75, 3.05) is 0 Å². The summed E-state index contributed by atoms with van der Waals surface area (Å²) in [4.78, 5) is 18.3. The van der Waals surface area contributed by atoms with Crippen molar-refractivity contribution in [1.82, 2.24) is 9.97 Å². The number of hydrogen-bond donors (Lipinski definition) is 1. The van der Waals surface area contributed by atoms with Crippen molar-refractivity contribution in [1.29, 1.82) is 0 Å². The van der Waals surface area contributed by atoms with Crippen LogP contribution in [0.1, 0.15) is 5.56 Å². The molecule has 86 valence electrons. The van der Waals surface area contributed by atoms with Gasteiger partial charge in [0.15, 0.2) is 0 Å². The normalized spacial score (nSPS) is 10.2. The minimum atomic E-state index is -0.978. The molecule has 0 saturated carbocycles. The summed E-state index contributed by atoms with van der Waals surface area (Å²) in [6.07, 6.45) is 2.91. The first-order valence-electron chi connectivity index (χ1n) is 4.94. The third kappa shape index (κ3) is 2.63. The van der Waals surface area contributed by atoms with Gasteiger partial charge in [-0.15, -0.1) is 0 Å². The van der Waals surface area contributed by atoms with Gasteiger partial charge in [0.25, 0.3) is 0 Å². The number of pyridine rings is 2. The molecular formula is C12H9FN2O2. The summed E-state index contributed by atoms with van der Waals surface area (Å²) in [7, 11) is 0. The zero-order valence-electron chi connectivity index (χ0n) is 8.80. The number of hydrogen-bond acceptors (Lipinski definition) is 3. The molecule has 0 spiro atoms. The fraction of sp³-hybridized carbons (Fsp3) is 0.0833. The lowest BCUT2D eigenvalue weighted by Crippen LogP contribution is -2.04. The molecule has 0 atom stereocenters. The zero-order valence-corrected chi connectivity index (χ0v) is 8.80. The Kier molecular flexibility index (Phi) is 3.09. The molecule has 2 aromatic heterocycles. The number of carbonyl (C=O) groups is 1. The van der Waals surface area contributed by atoms with Crippen LogP contribution in [0, 0.1) is 5.95 Å². The first-order valence-corrected chi connectivity index (χ1v) is 4.94. The van der Waals surface area contributed by atoms with Crippen LogP contribution >= 0.6 is 0 Å². The van der Waals surface area contributed by atoms with Crippen LogP contribution in [0.25, 0.3) is 11.3 Å². The van der Waals surface area contributed by atoms with Gasteiger partial charge < -0.3 is 5.11 Å².